The summed E-state index contributed by atoms with van der Waals surface area (Å²) in [5.74, 6) is 0.525. The molecule has 13 heteroatoms. The molecule has 0 aliphatic heterocycles. The number of amides is 1. The molecule has 0 aliphatic carbocycles. The molecule has 3 aromatic rings. The summed E-state index contributed by atoms with van der Waals surface area (Å²) in [6.45, 7) is 5.65. The van der Waals surface area contributed by atoms with Crippen molar-refractivity contribution in [3.05, 3.63) is 91.1 Å². The predicted molar refractivity (Wildman–Crippen MR) is 138 cm³/mol. The number of hydrogen-bond acceptors (Lipinski definition) is 10. The molecule has 0 bridgehead atoms. The molecule has 0 aliphatic rings. The van der Waals surface area contributed by atoms with Crippen LogP contribution in [-0.4, -0.2) is 43.8 Å². The predicted octanol–water partition coefficient (Wildman–Crippen LogP) is 4.49. The van der Waals surface area contributed by atoms with Crippen LogP contribution in [0.1, 0.15) is 41.0 Å². The third kappa shape index (κ3) is 7.07. The van der Waals surface area contributed by atoms with E-state index in [4.69, 9.17) is 4.74 Å². The van der Waals surface area contributed by atoms with E-state index in [1.807, 2.05) is 20.8 Å². The first-order chi connectivity index (χ1) is 17.7. The van der Waals surface area contributed by atoms with Crippen LogP contribution in [0.4, 0.5) is 11.4 Å². The Morgan fingerprint density at radius 2 is 1.73 bits per heavy atom. The summed E-state index contributed by atoms with van der Waals surface area (Å²) < 4.78 is 6.00. The van der Waals surface area contributed by atoms with Gasteiger partial charge in [0.2, 0.25) is 5.88 Å². The van der Waals surface area contributed by atoms with Gasteiger partial charge in [0.25, 0.3) is 17.3 Å². The van der Waals surface area contributed by atoms with Crippen LogP contribution in [0.2, 0.25) is 0 Å². The fourth-order valence-corrected chi connectivity index (χ4v) is 3.91. The van der Waals surface area contributed by atoms with E-state index < -0.39 is 15.8 Å². The molecule has 1 N–H and O–H groups in total. The Balaban J connectivity index is 1.92. The number of rotatable bonds is 11. The molecule has 0 saturated carbocycles. The van der Waals surface area contributed by atoms with E-state index in [-0.39, 0.29) is 29.3 Å². The molecular formula is C24H24N6O6S. The summed E-state index contributed by atoms with van der Waals surface area (Å²) in [6, 6.07) is 10.8. The number of hydrazone groups is 1. The van der Waals surface area contributed by atoms with E-state index in [0.29, 0.717) is 23.0 Å². The Bertz CT molecular complexity index is 1350. The molecule has 3 rings (SSSR count). The fraction of sp³-hybridized carbons (Fsp3) is 0.250. The fourth-order valence-electron chi connectivity index (χ4n) is 3.30. The van der Waals surface area contributed by atoms with Crippen LogP contribution in [0.25, 0.3) is 0 Å². The van der Waals surface area contributed by atoms with Gasteiger partial charge in [-0.3, -0.25) is 25.0 Å². The van der Waals surface area contributed by atoms with Crippen molar-refractivity contribution >= 4 is 34.8 Å². The zero-order chi connectivity index (χ0) is 26.9. The van der Waals surface area contributed by atoms with Gasteiger partial charge >= 0.3 is 0 Å². The van der Waals surface area contributed by atoms with Crippen LogP contribution in [0.5, 0.6) is 5.88 Å². The van der Waals surface area contributed by atoms with Crippen LogP contribution in [0, 0.1) is 27.2 Å². The highest BCUT2D eigenvalue weighted by molar-refractivity contribution is 7.99. The quantitative estimate of drug-likeness (QED) is 0.125. The van der Waals surface area contributed by atoms with Gasteiger partial charge < -0.3 is 4.74 Å². The van der Waals surface area contributed by atoms with Crippen LogP contribution >= 0.6 is 11.8 Å². The number of carbonyl (C=O) groups excluding carboxylic acids is 1. The number of nitrogens with one attached hydrogen (secondary N) is 1. The molecule has 0 saturated heterocycles. The van der Waals surface area contributed by atoms with Gasteiger partial charge in [-0.25, -0.2) is 10.4 Å². The van der Waals surface area contributed by atoms with Gasteiger partial charge in [-0.15, -0.1) is 0 Å². The van der Waals surface area contributed by atoms with Crippen molar-refractivity contribution in [1.82, 2.24) is 15.4 Å². The number of aryl methyl sites for hydroxylation is 1. The number of nitro groups is 2. The van der Waals surface area contributed by atoms with Crippen LogP contribution < -0.4 is 10.2 Å². The molecule has 0 atom stereocenters. The highest BCUT2D eigenvalue weighted by Gasteiger charge is 2.16. The number of hydrogen-bond donors (Lipinski definition) is 1. The lowest BCUT2D eigenvalue weighted by Gasteiger charge is -2.14. The summed E-state index contributed by atoms with van der Waals surface area (Å²) in [4.78, 5) is 42.6. The number of aromatic nitrogens is 2. The average molecular weight is 525 g/mol. The molecule has 0 fully saturated rings. The number of nitro benzene ring substituents is 2. The van der Waals surface area contributed by atoms with Gasteiger partial charge in [0.05, 0.1) is 9.85 Å². The standard InChI is InChI=1S/C24H24N6O6S/c1-4-20-15(3)25-24(37-5-2)26-23(20)36-14-21(17-7-6-8-19(13-17)30(34)35)27-28-22(31)16-9-11-18(12-10-16)29(32)33/h6-13H,4-5,14H2,1-3H3,(H,28,31)/b27-21-. The van der Waals surface area contributed by atoms with E-state index in [0.717, 1.165) is 17.0 Å². The van der Waals surface area contributed by atoms with Crippen LogP contribution in [0.3, 0.4) is 0 Å². The van der Waals surface area contributed by atoms with Crippen LogP contribution in [-0.2, 0) is 6.42 Å². The Morgan fingerprint density at radius 1 is 1.03 bits per heavy atom. The summed E-state index contributed by atoms with van der Waals surface area (Å²) in [7, 11) is 0. The number of benzene rings is 2. The second-order valence-corrected chi connectivity index (χ2v) is 8.79. The summed E-state index contributed by atoms with van der Waals surface area (Å²) in [6.07, 6.45) is 0.623. The van der Waals surface area contributed by atoms with E-state index in [1.165, 1.54) is 54.2 Å². The molecule has 37 heavy (non-hydrogen) atoms. The molecule has 1 aromatic heterocycles. The van der Waals surface area contributed by atoms with E-state index in [1.54, 1.807) is 6.07 Å². The Morgan fingerprint density at radius 3 is 2.35 bits per heavy atom. The molecular weight excluding hydrogens is 500 g/mol. The Labute approximate surface area is 216 Å². The highest BCUT2D eigenvalue weighted by atomic mass is 32.2. The normalized spacial score (nSPS) is 11.2. The number of non-ortho nitro benzene ring substituents is 2. The van der Waals surface area contributed by atoms with Gasteiger partial charge in [0.15, 0.2) is 5.16 Å². The lowest BCUT2D eigenvalue weighted by molar-refractivity contribution is -0.385. The second-order valence-electron chi connectivity index (χ2n) is 7.56. The van der Waals surface area contributed by atoms with Gasteiger partial charge in [0.1, 0.15) is 12.3 Å². The van der Waals surface area contributed by atoms with Gasteiger partial charge in [0, 0.05) is 46.6 Å². The van der Waals surface area contributed by atoms with Crippen molar-refractivity contribution in [3.63, 3.8) is 0 Å². The molecule has 0 unspecified atom stereocenters. The number of thioether (sulfide) groups is 1. The highest BCUT2D eigenvalue weighted by Crippen LogP contribution is 2.24. The first kappa shape index (κ1) is 27.2. The maximum absolute atomic E-state index is 12.6. The van der Waals surface area contributed by atoms with Crippen molar-refractivity contribution in [1.29, 1.82) is 0 Å². The molecule has 12 nitrogen and oxygen atoms in total. The van der Waals surface area contributed by atoms with Crippen molar-refractivity contribution < 1.29 is 19.4 Å². The number of ether oxygens (including phenoxy) is 1. The molecule has 0 spiro atoms. The van der Waals surface area contributed by atoms with E-state index >= 15 is 0 Å². The molecule has 1 heterocycles. The maximum Gasteiger partial charge on any atom is 0.271 e. The van der Waals surface area contributed by atoms with Gasteiger partial charge in [-0.2, -0.15) is 10.1 Å². The van der Waals surface area contributed by atoms with E-state index in [9.17, 15) is 25.0 Å². The number of carbonyl (C=O) groups is 1. The van der Waals surface area contributed by atoms with E-state index in [2.05, 4.69) is 20.5 Å². The Hall–Kier alpha value is -4.39. The minimum Gasteiger partial charge on any atom is -0.471 e. The molecule has 1 amide bonds. The summed E-state index contributed by atoms with van der Waals surface area (Å²) in [5, 5.41) is 26.9. The van der Waals surface area contributed by atoms with Crippen molar-refractivity contribution in [2.24, 2.45) is 5.10 Å². The van der Waals surface area contributed by atoms with Gasteiger partial charge in [-0.1, -0.05) is 37.7 Å². The largest absolute Gasteiger partial charge is 0.471 e. The second kappa shape index (κ2) is 12.5. The molecule has 192 valence electrons. The maximum atomic E-state index is 12.6. The summed E-state index contributed by atoms with van der Waals surface area (Å²) >= 11 is 1.47. The monoisotopic (exact) mass is 524 g/mol. The average Bonchev–Trinajstić information content (AvgIpc) is 2.88. The lowest BCUT2D eigenvalue weighted by atomic mass is 10.1. The van der Waals surface area contributed by atoms with Crippen molar-refractivity contribution in [2.45, 2.75) is 32.3 Å². The van der Waals surface area contributed by atoms with Crippen LogP contribution in [0.15, 0.2) is 58.8 Å². The zero-order valence-electron chi connectivity index (χ0n) is 20.3. The minimum absolute atomic E-state index is 0.148. The smallest absolute Gasteiger partial charge is 0.271 e. The first-order valence-corrected chi connectivity index (χ1v) is 12.2. The topological polar surface area (TPSA) is 163 Å². The Kier molecular flexibility index (Phi) is 9.21. The molecule has 2 aromatic carbocycles. The lowest BCUT2D eigenvalue weighted by Crippen LogP contribution is -2.23. The number of nitrogens with zero attached hydrogens (tertiary/aromatic N) is 5. The van der Waals surface area contributed by atoms with Gasteiger partial charge in [-0.05, 0) is 31.2 Å². The molecule has 0 radical (unpaired) electrons. The summed E-state index contributed by atoms with van der Waals surface area (Å²) in [5.41, 5.74) is 4.41. The SMILES string of the molecule is CCSc1nc(C)c(CC)c(OC/C(=N/NC(=O)c2ccc([N+](=O)[O-])cc2)c2cccc([N+](=O)[O-])c2)n1. The third-order valence-electron chi connectivity index (χ3n) is 5.15. The van der Waals surface area contributed by atoms with Crippen molar-refractivity contribution in [3.8, 4) is 5.88 Å². The van der Waals surface area contributed by atoms with Crippen molar-refractivity contribution in [2.75, 3.05) is 12.4 Å². The third-order valence-corrected chi connectivity index (χ3v) is 5.88. The zero-order valence-corrected chi connectivity index (χ0v) is 21.2. The minimum atomic E-state index is -0.619. The first-order valence-electron chi connectivity index (χ1n) is 11.2.